The van der Waals surface area contributed by atoms with Crippen molar-refractivity contribution in [3.8, 4) is 0 Å². The van der Waals surface area contributed by atoms with E-state index in [0.717, 1.165) is 26.2 Å². The van der Waals surface area contributed by atoms with Crippen LogP contribution in [0.25, 0.3) is 0 Å². The largest absolute Gasteiger partial charge is 0.371 e. The molecular weight excluding hydrogens is 330 g/mol. The van der Waals surface area contributed by atoms with Gasteiger partial charge in [-0.15, -0.1) is 0 Å². The fourth-order valence-corrected chi connectivity index (χ4v) is 5.72. The van der Waals surface area contributed by atoms with Crippen molar-refractivity contribution in [1.82, 2.24) is 14.1 Å². The molecule has 3 saturated heterocycles. The third kappa shape index (κ3) is 3.76. The Morgan fingerprint density at radius 3 is 2.46 bits per heavy atom. The number of fused-ring (bicyclic) bond motifs is 2. The predicted octanol–water partition coefficient (Wildman–Crippen LogP) is -0.164. The maximum atomic E-state index is 12.8. The summed E-state index contributed by atoms with van der Waals surface area (Å²) in [5, 5.41) is 0. The number of piperazine rings is 1. The van der Waals surface area contributed by atoms with Gasteiger partial charge in [-0.25, -0.2) is 8.42 Å². The number of amides is 1. The Morgan fingerprint density at radius 1 is 1.17 bits per heavy atom. The van der Waals surface area contributed by atoms with Gasteiger partial charge in [0.1, 0.15) is 0 Å². The average Bonchev–Trinajstić information content (AvgIpc) is 2.80. The lowest BCUT2D eigenvalue weighted by Crippen LogP contribution is -2.52. The topological polar surface area (TPSA) is 70.2 Å². The summed E-state index contributed by atoms with van der Waals surface area (Å²) >= 11 is 0. The smallest absolute Gasteiger partial charge is 0.228 e. The van der Waals surface area contributed by atoms with E-state index < -0.39 is 10.0 Å². The third-order valence-electron chi connectivity index (χ3n) is 5.19. The van der Waals surface area contributed by atoms with Gasteiger partial charge in [-0.2, -0.15) is 4.31 Å². The lowest BCUT2D eigenvalue weighted by atomic mass is 9.98. The van der Waals surface area contributed by atoms with Crippen LogP contribution in [0.15, 0.2) is 0 Å². The Morgan fingerprint density at radius 2 is 1.83 bits per heavy atom. The van der Waals surface area contributed by atoms with Gasteiger partial charge >= 0.3 is 0 Å². The van der Waals surface area contributed by atoms with Gasteiger partial charge in [0.25, 0.3) is 0 Å². The zero-order chi connectivity index (χ0) is 17.5. The molecule has 0 saturated carbocycles. The van der Waals surface area contributed by atoms with Crippen LogP contribution in [-0.4, -0.2) is 92.7 Å². The van der Waals surface area contributed by atoms with Gasteiger partial charge < -0.3 is 14.5 Å². The van der Waals surface area contributed by atoms with Gasteiger partial charge in [0.05, 0.1) is 23.9 Å². The van der Waals surface area contributed by atoms with Crippen LogP contribution in [-0.2, 0) is 19.6 Å². The van der Waals surface area contributed by atoms with Crippen LogP contribution in [0.1, 0.15) is 20.3 Å². The molecule has 2 bridgehead atoms. The Balaban J connectivity index is 1.65. The maximum absolute atomic E-state index is 12.8. The first-order valence-corrected chi connectivity index (χ1v) is 10.5. The second-order valence-electron chi connectivity index (χ2n) is 7.76. The average molecular weight is 359 g/mol. The molecule has 0 aliphatic carbocycles. The highest BCUT2D eigenvalue weighted by atomic mass is 32.2. The van der Waals surface area contributed by atoms with Gasteiger partial charge in [-0.3, -0.25) is 4.79 Å². The number of morpholine rings is 1. The lowest BCUT2D eigenvalue weighted by molar-refractivity contribution is -0.139. The molecule has 1 amide bonds. The molecule has 0 aromatic carbocycles. The number of rotatable bonds is 4. The van der Waals surface area contributed by atoms with Crippen LogP contribution in [0.3, 0.4) is 0 Å². The molecule has 8 heteroatoms. The van der Waals surface area contributed by atoms with E-state index in [1.54, 1.807) is 4.31 Å². The van der Waals surface area contributed by atoms with Gasteiger partial charge in [-0.05, 0) is 19.4 Å². The molecule has 138 valence electrons. The second kappa shape index (κ2) is 6.90. The molecule has 3 fully saturated rings. The standard InChI is InChI=1S/C16H29N3O4S/c1-12(2)11-24(21,22)19-9-13-8-14(15(10-19)23-13)16(20)18-6-4-17(3)5-7-18/h12-15H,4-11H2,1-3H3/t13-,14-,15-/m0/s1. The summed E-state index contributed by atoms with van der Waals surface area (Å²) in [6.07, 6.45) is 0.203. The number of nitrogens with zero attached hydrogens (tertiary/aromatic N) is 3. The van der Waals surface area contributed by atoms with Gasteiger partial charge in [0.15, 0.2) is 0 Å². The molecule has 0 N–H and O–H groups in total. The summed E-state index contributed by atoms with van der Waals surface area (Å²) in [5.41, 5.74) is 0. The Hall–Kier alpha value is -0.700. The molecule has 0 aromatic heterocycles. The number of hydrogen-bond donors (Lipinski definition) is 0. The summed E-state index contributed by atoms with van der Waals surface area (Å²) in [4.78, 5) is 17.0. The van der Waals surface area contributed by atoms with E-state index >= 15 is 0 Å². The van der Waals surface area contributed by atoms with Crippen LogP contribution >= 0.6 is 0 Å². The highest BCUT2D eigenvalue weighted by Gasteiger charge is 2.48. The zero-order valence-corrected chi connectivity index (χ0v) is 15.7. The first-order valence-electron chi connectivity index (χ1n) is 8.87. The van der Waals surface area contributed by atoms with Crippen LogP contribution in [0, 0.1) is 11.8 Å². The summed E-state index contributed by atoms with van der Waals surface area (Å²) in [7, 11) is -1.21. The van der Waals surface area contributed by atoms with Crippen molar-refractivity contribution in [2.75, 3.05) is 52.1 Å². The molecule has 3 aliphatic heterocycles. The highest BCUT2D eigenvalue weighted by Crippen LogP contribution is 2.34. The van der Waals surface area contributed by atoms with E-state index in [1.165, 1.54) is 0 Å². The third-order valence-corrected chi connectivity index (χ3v) is 7.37. The van der Waals surface area contributed by atoms with Crippen molar-refractivity contribution in [1.29, 1.82) is 0 Å². The first-order chi connectivity index (χ1) is 11.3. The number of carbonyl (C=O) groups is 1. The van der Waals surface area contributed by atoms with Gasteiger partial charge in [-0.1, -0.05) is 13.8 Å². The molecule has 3 atom stereocenters. The number of carbonyl (C=O) groups excluding carboxylic acids is 1. The van der Waals surface area contributed by atoms with Crippen LogP contribution < -0.4 is 0 Å². The molecule has 0 aromatic rings. The fraction of sp³-hybridized carbons (Fsp3) is 0.938. The van der Waals surface area contributed by atoms with Gasteiger partial charge in [0, 0.05) is 39.3 Å². The number of likely N-dealkylation sites (N-methyl/N-ethyl adjacent to an activating group) is 1. The Bertz CT molecular complexity index is 572. The van der Waals surface area contributed by atoms with Crippen molar-refractivity contribution in [3.63, 3.8) is 0 Å². The normalized spacial score (nSPS) is 32.5. The van der Waals surface area contributed by atoms with Crippen molar-refractivity contribution >= 4 is 15.9 Å². The van der Waals surface area contributed by atoms with Crippen molar-refractivity contribution < 1.29 is 17.9 Å². The van der Waals surface area contributed by atoms with E-state index in [9.17, 15) is 13.2 Å². The Kier molecular flexibility index (Phi) is 5.20. The molecular formula is C16H29N3O4S. The molecule has 0 spiro atoms. The predicted molar refractivity (Wildman–Crippen MR) is 91.0 cm³/mol. The quantitative estimate of drug-likeness (QED) is 0.697. The van der Waals surface area contributed by atoms with Crippen LogP contribution in [0.4, 0.5) is 0 Å². The number of sulfonamides is 1. The van der Waals surface area contributed by atoms with E-state index in [0.29, 0.717) is 19.5 Å². The molecule has 0 radical (unpaired) electrons. The summed E-state index contributed by atoms with van der Waals surface area (Å²) in [6.45, 7) is 7.80. The van der Waals surface area contributed by atoms with Crippen LogP contribution in [0.5, 0.6) is 0 Å². The molecule has 7 nitrogen and oxygen atoms in total. The van der Waals surface area contributed by atoms with Crippen LogP contribution in [0.2, 0.25) is 0 Å². The molecule has 3 aliphatic rings. The van der Waals surface area contributed by atoms with E-state index in [-0.39, 0.29) is 35.7 Å². The van der Waals surface area contributed by atoms with E-state index in [2.05, 4.69) is 11.9 Å². The number of ether oxygens (including phenoxy) is 1. The minimum Gasteiger partial charge on any atom is -0.371 e. The first kappa shape index (κ1) is 18.1. The SMILES string of the molecule is CC(C)CS(=O)(=O)N1C[C@@H]2C[C@H](C(=O)N3CCN(C)CC3)[C@H](C1)O2. The molecule has 0 unspecified atom stereocenters. The Labute approximate surface area is 145 Å². The monoisotopic (exact) mass is 359 g/mol. The van der Waals surface area contributed by atoms with Gasteiger partial charge in [0.2, 0.25) is 15.9 Å². The fourth-order valence-electron chi connectivity index (χ4n) is 3.90. The minimum absolute atomic E-state index is 0.0956. The lowest BCUT2D eigenvalue weighted by Gasteiger charge is -2.35. The molecule has 24 heavy (non-hydrogen) atoms. The molecule has 3 rings (SSSR count). The van der Waals surface area contributed by atoms with E-state index in [1.807, 2.05) is 18.7 Å². The second-order valence-corrected chi connectivity index (χ2v) is 9.77. The van der Waals surface area contributed by atoms with Crippen molar-refractivity contribution in [2.24, 2.45) is 11.8 Å². The van der Waals surface area contributed by atoms with E-state index in [4.69, 9.17) is 4.74 Å². The van der Waals surface area contributed by atoms with Crippen molar-refractivity contribution in [3.05, 3.63) is 0 Å². The summed E-state index contributed by atoms with van der Waals surface area (Å²) < 4.78 is 32.5. The zero-order valence-electron chi connectivity index (χ0n) is 14.8. The number of hydrogen-bond acceptors (Lipinski definition) is 5. The maximum Gasteiger partial charge on any atom is 0.228 e. The summed E-state index contributed by atoms with van der Waals surface area (Å²) in [6, 6.07) is 0. The minimum atomic E-state index is -3.27. The highest BCUT2D eigenvalue weighted by molar-refractivity contribution is 7.89. The molecule has 3 heterocycles. The van der Waals surface area contributed by atoms with Crippen molar-refractivity contribution in [2.45, 2.75) is 32.5 Å². The summed E-state index contributed by atoms with van der Waals surface area (Å²) in [5.74, 6) is 0.193.